The smallest absolute Gasteiger partial charge is 0.410 e. The van der Waals surface area contributed by atoms with E-state index in [2.05, 4.69) is 10.6 Å². The number of nitrogens with zero attached hydrogens (tertiary/aromatic N) is 1. The summed E-state index contributed by atoms with van der Waals surface area (Å²) in [4.78, 5) is 38.7. The largest absolute Gasteiger partial charge is 0.444 e. The minimum atomic E-state index is -0.581. The maximum Gasteiger partial charge on any atom is 0.410 e. The highest BCUT2D eigenvalue weighted by molar-refractivity contribution is 7.17. The number of unbranched alkanes of at least 4 members (excludes halogenated alkanes) is 1. The number of nitrogens with two attached hydrogens (primary N) is 1. The summed E-state index contributed by atoms with van der Waals surface area (Å²) in [5, 5.41) is 5.90. The first-order chi connectivity index (χ1) is 12.6. The summed E-state index contributed by atoms with van der Waals surface area (Å²) >= 11 is 1.27. The molecule has 8 nitrogen and oxygen atoms in total. The molecule has 150 valence electrons. The van der Waals surface area contributed by atoms with Crippen molar-refractivity contribution in [3.05, 3.63) is 16.0 Å². The van der Waals surface area contributed by atoms with Crippen molar-refractivity contribution in [2.24, 2.45) is 5.73 Å². The van der Waals surface area contributed by atoms with Crippen LogP contribution >= 0.6 is 11.3 Å². The van der Waals surface area contributed by atoms with Crippen LogP contribution < -0.4 is 16.4 Å². The van der Waals surface area contributed by atoms with E-state index in [9.17, 15) is 14.4 Å². The van der Waals surface area contributed by atoms with Crippen molar-refractivity contribution in [3.63, 3.8) is 0 Å². The predicted octanol–water partition coefficient (Wildman–Crippen LogP) is 3.06. The van der Waals surface area contributed by atoms with E-state index < -0.39 is 17.6 Å². The van der Waals surface area contributed by atoms with Crippen LogP contribution in [-0.2, 0) is 17.7 Å². The molecule has 0 unspecified atom stereocenters. The van der Waals surface area contributed by atoms with Gasteiger partial charge < -0.3 is 20.7 Å². The van der Waals surface area contributed by atoms with E-state index in [0.717, 1.165) is 23.3 Å². The van der Waals surface area contributed by atoms with Crippen LogP contribution in [0, 0.1) is 0 Å². The Morgan fingerprint density at radius 2 is 2.00 bits per heavy atom. The number of hydrogen-bond donors (Lipinski definition) is 3. The Hall–Kier alpha value is -2.29. The molecular formula is C18H28N4O4S. The van der Waals surface area contributed by atoms with Crippen molar-refractivity contribution in [3.8, 4) is 0 Å². The van der Waals surface area contributed by atoms with Gasteiger partial charge in [-0.3, -0.25) is 10.1 Å². The molecule has 9 heteroatoms. The Labute approximate surface area is 163 Å². The summed E-state index contributed by atoms with van der Waals surface area (Å²) in [5.41, 5.74) is 6.11. The Morgan fingerprint density at radius 1 is 1.30 bits per heavy atom. The molecule has 1 aliphatic rings. The van der Waals surface area contributed by atoms with Gasteiger partial charge in [-0.2, -0.15) is 0 Å². The van der Waals surface area contributed by atoms with Gasteiger partial charge in [0.25, 0.3) is 5.91 Å². The van der Waals surface area contributed by atoms with Gasteiger partial charge >= 0.3 is 12.1 Å². The van der Waals surface area contributed by atoms with Gasteiger partial charge in [-0.25, -0.2) is 9.59 Å². The summed E-state index contributed by atoms with van der Waals surface area (Å²) < 4.78 is 5.42. The summed E-state index contributed by atoms with van der Waals surface area (Å²) in [6, 6.07) is -0.367. The number of rotatable bonds is 5. The molecule has 0 saturated heterocycles. The van der Waals surface area contributed by atoms with Crippen molar-refractivity contribution >= 4 is 34.4 Å². The number of carbonyl (C=O) groups is 3. The lowest BCUT2D eigenvalue weighted by molar-refractivity contribution is 0.0226. The van der Waals surface area contributed by atoms with Crippen LogP contribution in [0.3, 0.4) is 0 Å². The minimum Gasteiger partial charge on any atom is -0.444 e. The number of nitrogens with one attached hydrogen (secondary N) is 2. The van der Waals surface area contributed by atoms with Gasteiger partial charge in [0, 0.05) is 18.0 Å². The quantitative estimate of drug-likeness (QED) is 0.664. The lowest BCUT2D eigenvalue weighted by atomic mass is 10.0. The molecule has 0 saturated carbocycles. The third-order valence-electron chi connectivity index (χ3n) is 4.00. The van der Waals surface area contributed by atoms with Gasteiger partial charge in [0.05, 0.1) is 12.1 Å². The highest BCUT2D eigenvalue weighted by Gasteiger charge is 2.31. The van der Waals surface area contributed by atoms with Crippen LogP contribution in [0.25, 0.3) is 0 Å². The first-order valence-electron chi connectivity index (χ1n) is 9.09. The number of hydrogen-bond acceptors (Lipinski definition) is 5. The van der Waals surface area contributed by atoms with Gasteiger partial charge in [0.1, 0.15) is 10.6 Å². The normalized spacial score (nSPS) is 13.7. The molecule has 2 rings (SSSR count). The summed E-state index contributed by atoms with van der Waals surface area (Å²) in [6.07, 6.45) is 1.94. The third kappa shape index (κ3) is 5.59. The van der Waals surface area contributed by atoms with Crippen molar-refractivity contribution in [2.45, 2.75) is 59.1 Å². The van der Waals surface area contributed by atoms with Gasteiger partial charge in [-0.05, 0) is 39.2 Å². The molecule has 4 N–H and O–H groups in total. The van der Waals surface area contributed by atoms with Crippen LogP contribution in [0.4, 0.5) is 14.6 Å². The zero-order valence-corrected chi connectivity index (χ0v) is 17.1. The lowest BCUT2D eigenvalue weighted by Gasteiger charge is -2.30. The second kappa shape index (κ2) is 8.60. The fourth-order valence-electron chi connectivity index (χ4n) is 2.76. The number of fused-ring (bicyclic) bond motifs is 1. The Morgan fingerprint density at radius 3 is 2.59 bits per heavy atom. The topological polar surface area (TPSA) is 114 Å². The maximum atomic E-state index is 12.3. The Bertz CT molecular complexity index is 724. The zero-order chi connectivity index (χ0) is 20.2. The molecule has 0 aliphatic carbocycles. The van der Waals surface area contributed by atoms with E-state index in [1.54, 1.807) is 4.90 Å². The average Bonchev–Trinajstić information content (AvgIpc) is 2.90. The van der Waals surface area contributed by atoms with Crippen molar-refractivity contribution in [1.82, 2.24) is 10.2 Å². The molecular weight excluding hydrogens is 368 g/mol. The number of ether oxygens (including phenoxy) is 1. The fourth-order valence-corrected chi connectivity index (χ4v) is 4.02. The number of anilines is 1. The van der Waals surface area contributed by atoms with Crippen LogP contribution in [0.2, 0.25) is 0 Å². The predicted molar refractivity (Wildman–Crippen MR) is 105 cm³/mol. The monoisotopic (exact) mass is 396 g/mol. The zero-order valence-electron chi connectivity index (χ0n) is 16.3. The van der Waals surface area contributed by atoms with Gasteiger partial charge in [-0.1, -0.05) is 13.3 Å². The minimum absolute atomic E-state index is 0.328. The van der Waals surface area contributed by atoms with E-state index in [1.807, 2.05) is 27.7 Å². The standard InChI is InChI=1S/C18H28N4O4S/c1-5-6-8-20-16(24)21-15-13(14(19)23)11-7-9-22(10-12(11)27-15)17(25)26-18(2,3)4/h5-10H2,1-4H3,(H2,19,23)(H2,20,21,24). The molecule has 0 fully saturated rings. The first kappa shape index (κ1) is 21.0. The van der Waals surface area contributed by atoms with Gasteiger partial charge in [0.2, 0.25) is 0 Å². The van der Waals surface area contributed by atoms with E-state index in [0.29, 0.717) is 36.6 Å². The molecule has 2 heterocycles. The first-order valence-corrected chi connectivity index (χ1v) is 9.91. The maximum absolute atomic E-state index is 12.3. The van der Waals surface area contributed by atoms with Crippen LogP contribution in [0.1, 0.15) is 61.3 Å². The van der Waals surface area contributed by atoms with Crippen molar-refractivity contribution < 1.29 is 19.1 Å². The molecule has 4 amide bonds. The second-order valence-corrected chi connectivity index (χ2v) is 8.56. The van der Waals surface area contributed by atoms with E-state index in [1.165, 1.54) is 11.3 Å². The number of thiophene rings is 1. The van der Waals surface area contributed by atoms with Crippen molar-refractivity contribution in [2.75, 3.05) is 18.4 Å². The lowest BCUT2D eigenvalue weighted by Crippen LogP contribution is -2.39. The molecule has 0 spiro atoms. The van der Waals surface area contributed by atoms with E-state index in [-0.39, 0.29) is 6.03 Å². The highest BCUT2D eigenvalue weighted by atomic mass is 32.1. The number of amides is 4. The fraction of sp³-hybridized carbons (Fsp3) is 0.611. The Kier molecular flexibility index (Phi) is 6.69. The molecule has 0 atom stereocenters. The summed E-state index contributed by atoms with van der Waals surface area (Å²) in [5.74, 6) is -0.581. The highest BCUT2D eigenvalue weighted by Crippen LogP contribution is 2.37. The van der Waals surface area contributed by atoms with Gasteiger partial charge in [-0.15, -0.1) is 11.3 Å². The third-order valence-corrected chi connectivity index (χ3v) is 5.13. The van der Waals surface area contributed by atoms with Crippen LogP contribution in [-0.4, -0.2) is 41.6 Å². The molecule has 0 radical (unpaired) electrons. The van der Waals surface area contributed by atoms with Crippen molar-refractivity contribution in [1.29, 1.82) is 0 Å². The molecule has 1 aromatic heterocycles. The SMILES string of the molecule is CCCCNC(=O)Nc1sc2c(c1C(N)=O)CCN(C(=O)OC(C)(C)C)C2. The van der Waals surface area contributed by atoms with E-state index in [4.69, 9.17) is 10.5 Å². The summed E-state index contributed by atoms with van der Waals surface area (Å²) in [6.45, 7) is 8.80. The number of carbonyl (C=O) groups excluding carboxylic acids is 3. The van der Waals surface area contributed by atoms with E-state index >= 15 is 0 Å². The van der Waals surface area contributed by atoms with Crippen LogP contribution in [0.5, 0.6) is 0 Å². The number of urea groups is 1. The van der Waals surface area contributed by atoms with Crippen LogP contribution in [0.15, 0.2) is 0 Å². The average molecular weight is 397 g/mol. The molecule has 27 heavy (non-hydrogen) atoms. The van der Waals surface area contributed by atoms with Gasteiger partial charge in [0.15, 0.2) is 0 Å². The summed E-state index contributed by atoms with van der Waals surface area (Å²) in [7, 11) is 0. The molecule has 0 aromatic carbocycles. The molecule has 1 aromatic rings. The Balaban J connectivity index is 2.15. The number of primary amides is 1. The second-order valence-electron chi connectivity index (χ2n) is 7.46. The molecule has 0 bridgehead atoms. The molecule has 1 aliphatic heterocycles.